The fourth-order valence-corrected chi connectivity index (χ4v) is 3.59. The normalized spacial score (nSPS) is 19.4. The first-order valence-corrected chi connectivity index (χ1v) is 9.25. The highest BCUT2D eigenvalue weighted by molar-refractivity contribution is 6.32. The summed E-state index contributed by atoms with van der Waals surface area (Å²) in [5.74, 6) is -0.722. The van der Waals surface area contributed by atoms with Crippen molar-refractivity contribution < 1.29 is 18.7 Å². The van der Waals surface area contributed by atoms with Crippen molar-refractivity contribution in [3.05, 3.63) is 71.0 Å². The lowest BCUT2D eigenvalue weighted by atomic mass is 9.93. The Labute approximate surface area is 167 Å². The minimum atomic E-state index is -0.699. The summed E-state index contributed by atoms with van der Waals surface area (Å²) in [7, 11) is 0. The fraction of sp³-hybridized carbons (Fsp3) is 0.227. The van der Waals surface area contributed by atoms with Crippen LogP contribution < -0.4 is 11.1 Å². The average molecular weight is 393 g/mol. The van der Waals surface area contributed by atoms with Crippen molar-refractivity contribution in [2.24, 2.45) is 5.73 Å². The Bertz CT molecular complexity index is 1080. The molecule has 0 unspecified atom stereocenters. The molecule has 6 nitrogen and oxygen atoms in total. The number of hydrogen-bond donors (Lipinski definition) is 2. The van der Waals surface area contributed by atoms with Crippen LogP contribution >= 0.6 is 0 Å². The summed E-state index contributed by atoms with van der Waals surface area (Å²) in [4.78, 5) is 27.8. The van der Waals surface area contributed by atoms with E-state index in [-0.39, 0.29) is 18.2 Å². The minimum Gasteiger partial charge on any atom is -0.482 e. The number of carbonyl (C=O) groups excluding carboxylic acids is 2. The van der Waals surface area contributed by atoms with Gasteiger partial charge in [0.2, 0.25) is 5.91 Å². The van der Waals surface area contributed by atoms with Gasteiger partial charge in [-0.3, -0.25) is 14.6 Å². The predicted octanol–water partition coefficient (Wildman–Crippen LogP) is 3.19. The van der Waals surface area contributed by atoms with E-state index in [1.54, 1.807) is 12.3 Å². The number of nitrogens with one attached hydrogen (secondary N) is 1. The topological polar surface area (TPSA) is 94.3 Å². The molecule has 148 valence electrons. The first kappa shape index (κ1) is 18.9. The van der Waals surface area contributed by atoms with E-state index in [2.05, 4.69) is 10.3 Å². The van der Waals surface area contributed by atoms with Gasteiger partial charge in [0.05, 0.1) is 5.57 Å². The lowest BCUT2D eigenvalue weighted by Gasteiger charge is -2.23. The van der Waals surface area contributed by atoms with E-state index in [9.17, 15) is 14.0 Å². The van der Waals surface area contributed by atoms with E-state index in [1.165, 1.54) is 18.2 Å². The van der Waals surface area contributed by atoms with Crippen LogP contribution in [0.25, 0.3) is 11.1 Å². The molecule has 2 aliphatic heterocycles. The van der Waals surface area contributed by atoms with Crippen LogP contribution in [-0.2, 0) is 20.7 Å². The molecule has 0 saturated heterocycles. The van der Waals surface area contributed by atoms with Crippen molar-refractivity contribution in [3.8, 4) is 0 Å². The van der Waals surface area contributed by atoms with E-state index in [0.717, 1.165) is 16.8 Å². The van der Waals surface area contributed by atoms with Crippen molar-refractivity contribution >= 4 is 28.6 Å². The molecule has 3 heterocycles. The molecule has 7 heteroatoms. The zero-order chi connectivity index (χ0) is 20.8. The molecule has 2 aromatic rings. The summed E-state index contributed by atoms with van der Waals surface area (Å²) in [5, 5.41) is 2.74. The number of carbonyl (C=O) groups is 2. The van der Waals surface area contributed by atoms with Gasteiger partial charge < -0.3 is 15.8 Å². The van der Waals surface area contributed by atoms with Gasteiger partial charge in [0.25, 0.3) is 5.91 Å². The third-order valence-electron chi connectivity index (χ3n) is 5.03. The van der Waals surface area contributed by atoms with Crippen LogP contribution in [0.3, 0.4) is 0 Å². The van der Waals surface area contributed by atoms with Gasteiger partial charge in [-0.05, 0) is 50.6 Å². The van der Waals surface area contributed by atoms with Crippen molar-refractivity contribution in [2.75, 3.05) is 5.32 Å². The van der Waals surface area contributed by atoms with Crippen LogP contribution in [0.5, 0.6) is 0 Å². The third-order valence-corrected chi connectivity index (χ3v) is 5.03. The Morgan fingerprint density at radius 2 is 2.07 bits per heavy atom. The van der Waals surface area contributed by atoms with E-state index in [4.69, 9.17) is 10.5 Å². The monoisotopic (exact) mass is 393 g/mol. The number of anilines is 1. The second-order valence-electron chi connectivity index (χ2n) is 7.56. The largest absolute Gasteiger partial charge is 0.482 e. The molecule has 4 rings (SSSR count). The number of nitrogens with zero attached hydrogens (tertiary/aromatic N) is 1. The SMILES string of the molecule is CC1(C)O/C(=C2/C(=O)Nc3ccc(F)cc32)C=C1c1ccc(CCC(N)=O)nc1. The van der Waals surface area contributed by atoms with Crippen molar-refractivity contribution in [1.82, 2.24) is 4.98 Å². The zero-order valence-corrected chi connectivity index (χ0v) is 16.1. The molecule has 2 amide bonds. The summed E-state index contributed by atoms with van der Waals surface area (Å²) in [6.45, 7) is 3.79. The number of benzene rings is 1. The summed E-state index contributed by atoms with van der Waals surface area (Å²) in [5.41, 5.74) is 8.30. The van der Waals surface area contributed by atoms with Crippen LogP contribution in [0.1, 0.15) is 37.1 Å². The summed E-state index contributed by atoms with van der Waals surface area (Å²) in [6.07, 6.45) is 4.23. The van der Waals surface area contributed by atoms with Crippen molar-refractivity contribution in [2.45, 2.75) is 32.3 Å². The maximum absolute atomic E-state index is 13.7. The number of nitrogens with two attached hydrogens (primary N) is 1. The molecule has 1 aromatic heterocycles. The molecule has 0 bridgehead atoms. The molecule has 0 aliphatic carbocycles. The van der Waals surface area contributed by atoms with Crippen LogP contribution in [0.15, 0.2) is 48.4 Å². The number of halogens is 1. The van der Waals surface area contributed by atoms with Crippen LogP contribution in [0.4, 0.5) is 10.1 Å². The number of rotatable bonds is 4. The Balaban J connectivity index is 1.72. The molecule has 0 atom stereocenters. The second-order valence-corrected chi connectivity index (χ2v) is 7.56. The average Bonchev–Trinajstić information content (AvgIpc) is 3.15. The van der Waals surface area contributed by atoms with Gasteiger partial charge in [-0.15, -0.1) is 0 Å². The maximum Gasteiger partial charge on any atom is 0.260 e. The molecular weight excluding hydrogens is 373 g/mol. The summed E-state index contributed by atoms with van der Waals surface area (Å²) in [6, 6.07) is 7.91. The van der Waals surface area contributed by atoms with Crippen molar-refractivity contribution in [3.63, 3.8) is 0 Å². The van der Waals surface area contributed by atoms with Gasteiger partial charge in [-0.25, -0.2) is 4.39 Å². The molecule has 29 heavy (non-hydrogen) atoms. The number of amides is 2. The molecule has 0 spiro atoms. The number of pyridine rings is 1. The minimum absolute atomic E-state index is 0.241. The Hall–Kier alpha value is -3.48. The lowest BCUT2D eigenvalue weighted by Crippen LogP contribution is -2.21. The van der Waals surface area contributed by atoms with Crippen LogP contribution in [-0.4, -0.2) is 22.4 Å². The highest BCUT2D eigenvalue weighted by atomic mass is 19.1. The molecule has 0 radical (unpaired) electrons. The number of ether oxygens (including phenoxy) is 1. The van der Waals surface area contributed by atoms with E-state index < -0.39 is 11.4 Å². The molecule has 1 aromatic carbocycles. The molecule has 0 fully saturated rings. The van der Waals surface area contributed by atoms with Crippen LogP contribution in [0, 0.1) is 5.82 Å². The van der Waals surface area contributed by atoms with Gasteiger partial charge >= 0.3 is 0 Å². The standard InChI is InChI=1S/C22H20FN3O3/c1-22(2)16(12-3-5-14(25-11-12)6-8-19(24)27)10-18(29-22)20-15-9-13(23)4-7-17(15)26-21(20)28/h3-5,7,9-11H,6,8H2,1-2H3,(H2,24,27)(H,26,28)/b20-18+. The zero-order valence-electron chi connectivity index (χ0n) is 16.1. The highest BCUT2D eigenvalue weighted by Crippen LogP contribution is 2.44. The van der Waals surface area contributed by atoms with Gasteiger partial charge in [0, 0.05) is 40.7 Å². The Morgan fingerprint density at radius 1 is 1.28 bits per heavy atom. The fourth-order valence-electron chi connectivity index (χ4n) is 3.59. The molecule has 0 saturated carbocycles. The van der Waals surface area contributed by atoms with Gasteiger partial charge in [0.1, 0.15) is 17.2 Å². The second kappa shape index (κ2) is 6.84. The molecule has 3 N–H and O–H groups in total. The number of hydrogen-bond acceptors (Lipinski definition) is 4. The third kappa shape index (κ3) is 3.51. The van der Waals surface area contributed by atoms with Gasteiger partial charge in [0.15, 0.2) is 0 Å². The maximum atomic E-state index is 13.7. The van der Waals surface area contributed by atoms with E-state index in [1.807, 2.05) is 26.0 Å². The smallest absolute Gasteiger partial charge is 0.260 e. The quantitative estimate of drug-likeness (QED) is 0.780. The van der Waals surface area contributed by atoms with E-state index >= 15 is 0 Å². The number of aryl methyl sites for hydroxylation is 1. The van der Waals surface area contributed by atoms with Crippen molar-refractivity contribution in [1.29, 1.82) is 0 Å². The number of fused-ring (bicyclic) bond motifs is 1. The van der Waals surface area contributed by atoms with Gasteiger partial charge in [-0.1, -0.05) is 6.07 Å². The number of aromatic nitrogens is 1. The molecular formula is C22H20FN3O3. The summed E-state index contributed by atoms with van der Waals surface area (Å²) >= 11 is 0. The molecule has 2 aliphatic rings. The van der Waals surface area contributed by atoms with Gasteiger partial charge in [-0.2, -0.15) is 0 Å². The predicted molar refractivity (Wildman–Crippen MR) is 107 cm³/mol. The number of primary amides is 1. The Morgan fingerprint density at radius 3 is 2.76 bits per heavy atom. The highest BCUT2D eigenvalue weighted by Gasteiger charge is 2.38. The lowest BCUT2D eigenvalue weighted by molar-refractivity contribution is -0.118. The number of allylic oxidation sites excluding steroid dienone is 1. The first-order valence-electron chi connectivity index (χ1n) is 9.25. The summed E-state index contributed by atoms with van der Waals surface area (Å²) < 4.78 is 19.8. The van der Waals surface area contributed by atoms with Crippen LogP contribution in [0.2, 0.25) is 0 Å². The van der Waals surface area contributed by atoms with E-state index in [0.29, 0.717) is 29.0 Å². The first-order chi connectivity index (χ1) is 13.7. The Kier molecular flexibility index (Phi) is 4.45.